The van der Waals surface area contributed by atoms with Gasteiger partial charge in [-0.2, -0.15) is 0 Å². The smallest absolute Gasteiger partial charge is 0.232 e. The summed E-state index contributed by atoms with van der Waals surface area (Å²) in [6.45, 7) is 6.40. The Hall–Kier alpha value is -0.630. The first-order valence-electron chi connectivity index (χ1n) is 9.21. The van der Waals surface area contributed by atoms with Gasteiger partial charge in [-0.05, 0) is 36.5 Å². The van der Waals surface area contributed by atoms with Gasteiger partial charge in [-0.3, -0.25) is 9.69 Å². The van der Waals surface area contributed by atoms with Crippen LogP contribution < -0.4 is 0 Å². The monoisotopic (exact) mass is 444 g/mol. The molecule has 2 saturated heterocycles. The Bertz CT molecular complexity index is 613. The Kier molecular flexibility index (Phi) is 7.78. The second-order valence-electron chi connectivity index (χ2n) is 6.99. The Balaban J connectivity index is 1.42. The molecule has 2 heterocycles. The molecule has 2 aliphatic rings. The van der Waals surface area contributed by atoms with Crippen LogP contribution in [0, 0.1) is 11.7 Å². The number of nitrogens with zero attached hydrogens (tertiary/aromatic N) is 2. The quantitative estimate of drug-likeness (QED) is 0.672. The van der Waals surface area contributed by atoms with E-state index in [-0.39, 0.29) is 11.7 Å². The molecule has 1 atom stereocenters. The lowest BCUT2D eigenvalue weighted by molar-refractivity contribution is -0.130. The number of halogens is 2. The number of morpholine rings is 1. The maximum absolute atomic E-state index is 13.9. The Morgan fingerprint density at radius 3 is 2.88 bits per heavy atom. The van der Waals surface area contributed by atoms with Crippen LogP contribution in [0.5, 0.6) is 0 Å². The zero-order valence-electron chi connectivity index (χ0n) is 15.0. The molecule has 2 aliphatic heterocycles. The van der Waals surface area contributed by atoms with E-state index in [0.717, 1.165) is 56.8 Å². The highest BCUT2D eigenvalue weighted by Gasteiger charge is 2.25. The van der Waals surface area contributed by atoms with Crippen molar-refractivity contribution in [3.8, 4) is 0 Å². The number of hydrogen-bond acceptors (Lipinski definition) is 4. The molecule has 3 rings (SSSR count). The lowest BCUT2D eigenvalue weighted by Gasteiger charge is -2.36. The van der Waals surface area contributed by atoms with Gasteiger partial charge in [0.2, 0.25) is 5.91 Å². The lowest BCUT2D eigenvalue weighted by Crippen LogP contribution is -2.46. The van der Waals surface area contributed by atoms with E-state index < -0.39 is 0 Å². The van der Waals surface area contributed by atoms with Gasteiger partial charge in [0.05, 0.1) is 19.0 Å². The number of carbonyl (C=O) groups excluding carboxylic acids is 1. The average Bonchev–Trinajstić information content (AvgIpc) is 2.64. The molecule has 26 heavy (non-hydrogen) atoms. The third-order valence-electron chi connectivity index (χ3n) is 4.99. The molecule has 0 bridgehead atoms. The maximum Gasteiger partial charge on any atom is 0.232 e. The van der Waals surface area contributed by atoms with Crippen LogP contribution in [0.25, 0.3) is 0 Å². The molecule has 1 aromatic rings. The minimum absolute atomic E-state index is 0.180. The van der Waals surface area contributed by atoms with Crippen molar-refractivity contribution in [1.82, 2.24) is 9.80 Å². The predicted octanol–water partition coefficient (Wildman–Crippen LogP) is 3.39. The molecule has 0 aromatic heterocycles. The van der Waals surface area contributed by atoms with Gasteiger partial charge in [0.25, 0.3) is 0 Å². The molecule has 1 aromatic carbocycles. The molecule has 7 heteroatoms. The van der Waals surface area contributed by atoms with Gasteiger partial charge in [0.1, 0.15) is 5.82 Å². The van der Waals surface area contributed by atoms with E-state index in [1.54, 1.807) is 6.07 Å². The molecule has 0 saturated carbocycles. The van der Waals surface area contributed by atoms with Crippen LogP contribution in [0.2, 0.25) is 0 Å². The first-order valence-corrected chi connectivity index (χ1v) is 11.2. The molecule has 4 nitrogen and oxygen atoms in total. The van der Waals surface area contributed by atoms with Gasteiger partial charge in [-0.1, -0.05) is 22.0 Å². The minimum Gasteiger partial charge on any atom is -0.379 e. The maximum atomic E-state index is 13.9. The summed E-state index contributed by atoms with van der Waals surface area (Å²) < 4.78 is 20.0. The van der Waals surface area contributed by atoms with E-state index in [1.165, 1.54) is 24.2 Å². The van der Waals surface area contributed by atoms with E-state index in [2.05, 4.69) is 20.8 Å². The van der Waals surface area contributed by atoms with Gasteiger partial charge in [-0.15, -0.1) is 11.8 Å². The summed E-state index contributed by atoms with van der Waals surface area (Å²) in [4.78, 5) is 17.0. The van der Waals surface area contributed by atoms with Crippen molar-refractivity contribution in [3.63, 3.8) is 0 Å². The molecule has 2 fully saturated rings. The minimum atomic E-state index is -0.220. The molecule has 0 spiro atoms. The van der Waals surface area contributed by atoms with Crippen LogP contribution in [0.15, 0.2) is 22.7 Å². The average molecular weight is 445 g/mol. The van der Waals surface area contributed by atoms with Crippen molar-refractivity contribution >= 4 is 33.6 Å². The summed E-state index contributed by atoms with van der Waals surface area (Å²) in [7, 11) is 0. The van der Waals surface area contributed by atoms with Crippen molar-refractivity contribution in [3.05, 3.63) is 34.1 Å². The Labute approximate surface area is 167 Å². The van der Waals surface area contributed by atoms with Gasteiger partial charge in [-0.25, -0.2) is 4.39 Å². The Morgan fingerprint density at radius 2 is 2.12 bits per heavy atom. The van der Waals surface area contributed by atoms with Crippen LogP contribution in [-0.2, 0) is 15.3 Å². The zero-order chi connectivity index (χ0) is 18.4. The number of rotatable bonds is 6. The van der Waals surface area contributed by atoms with Crippen LogP contribution in [-0.4, -0.2) is 67.4 Å². The summed E-state index contributed by atoms with van der Waals surface area (Å²) in [5, 5.41) is 0. The third kappa shape index (κ3) is 5.94. The molecule has 0 radical (unpaired) electrons. The number of ether oxygens (including phenoxy) is 1. The van der Waals surface area contributed by atoms with Gasteiger partial charge in [0.15, 0.2) is 0 Å². The fraction of sp³-hybridized carbons (Fsp3) is 0.632. The molecule has 0 N–H and O–H groups in total. The van der Waals surface area contributed by atoms with Gasteiger partial charge in [0, 0.05) is 42.9 Å². The molecular formula is C19H26BrFN2O2S. The molecular weight excluding hydrogens is 419 g/mol. The summed E-state index contributed by atoms with van der Waals surface area (Å²) in [6, 6.07) is 5.08. The SMILES string of the molecule is O=C(CSCc1ccc(Br)cc1F)N1CCCC(CN2CCOCC2)C1. The van der Waals surface area contributed by atoms with Crippen molar-refractivity contribution < 1.29 is 13.9 Å². The number of amides is 1. The highest BCUT2D eigenvalue weighted by molar-refractivity contribution is 9.10. The number of piperidine rings is 1. The van der Waals surface area contributed by atoms with Gasteiger partial charge < -0.3 is 9.64 Å². The molecule has 0 aliphatic carbocycles. The number of carbonyl (C=O) groups is 1. The highest BCUT2D eigenvalue weighted by atomic mass is 79.9. The fourth-order valence-electron chi connectivity index (χ4n) is 3.57. The van der Waals surface area contributed by atoms with E-state index >= 15 is 0 Å². The van der Waals surface area contributed by atoms with Crippen molar-refractivity contribution in [1.29, 1.82) is 0 Å². The van der Waals surface area contributed by atoms with Crippen LogP contribution in [0.1, 0.15) is 18.4 Å². The summed E-state index contributed by atoms with van der Waals surface area (Å²) in [5.41, 5.74) is 0.648. The molecule has 1 unspecified atom stereocenters. The first-order chi connectivity index (χ1) is 12.6. The van der Waals surface area contributed by atoms with Crippen molar-refractivity contribution in [2.24, 2.45) is 5.92 Å². The van der Waals surface area contributed by atoms with Crippen molar-refractivity contribution in [2.45, 2.75) is 18.6 Å². The first kappa shape index (κ1) is 20.1. The second-order valence-corrected chi connectivity index (χ2v) is 8.89. The summed E-state index contributed by atoms with van der Waals surface area (Å²) in [6.07, 6.45) is 2.27. The topological polar surface area (TPSA) is 32.8 Å². The fourth-order valence-corrected chi connectivity index (χ4v) is 4.81. The lowest BCUT2D eigenvalue weighted by atomic mass is 9.97. The van der Waals surface area contributed by atoms with Crippen molar-refractivity contribution in [2.75, 3.05) is 51.7 Å². The number of thioether (sulfide) groups is 1. The summed E-state index contributed by atoms with van der Waals surface area (Å²) >= 11 is 4.75. The highest BCUT2D eigenvalue weighted by Crippen LogP contribution is 2.22. The van der Waals surface area contributed by atoms with E-state index in [0.29, 0.717) is 23.0 Å². The third-order valence-corrected chi connectivity index (χ3v) is 6.45. The second kappa shape index (κ2) is 10.1. The standard InChI is InChI=1S/C19H26BrFN2O2S/c20-17-4-3-16(18(21)10-17)13-26-14-19(24)23-5-1-2-15(12-23)11-22-6-8-25-9-7-22/h3-4,10,15H,1-2,5-9,11-14H2. The number of benzene rings is 1. The molecule has 1 amide bonds. The number of hydrogen-bond donors (Lipinski definition) is 0. The molecule has 144 valence electrons. The van der Waals surface area contributed by atoms with Crippen LogP contribution in [0.3, 0.4) is 0 Å². The summed E-state index contributed by atoms with van der Waals surface area (Å²) in [5.74, 6) is 1.46. The predicted molar refractivity (Wildman–Crippen MR) is 107 cm³/mol. The normalized spacial score (nSPS) is 21.8. The largest absolute Gasteiger partial charge is 0.379 e. The van der Waals surface area contributed by atoms with E-state index in [4.69, 9.17) is 4.74 Å². The van der Waals surface area contributed by atoms with Crippen LogP contribution >= 0.6 is 27.7 Å². The van der Waals surface area contributed by atoms with E-state index in [9.17, 15) is 9.18 Å². The van der Waals surface area contributed by atoms with E-state index in [1.807, 2.05) is 11.0 Å². The zero-order valence-corrected chi connectivity index (χ0v) is 17.4. The van der Waals surface area contributed by atoms with Crippen LogP contribution in [0.4, 0.5) is 4.39 Å². The Morgan fingerprint density at radius 1 is 1.31 bits per heavy atom. The van der Waals surface area contributed by atoms with Gasteiger partial charge >= 0.3 is 0 Å². The number of likely N-dealkylation sites (tertiary alicyclic amines) is 1.